The van der Waals surface area contributed by atoms with Crippen molar-refractivity contribution in [2.45, 2.75) is 50.7 Å². The van der Waals surface area contributed by atoms with Gasteiger partial charge in [0.1, 0.15) is 6.61 Å². The fourth-order valence-corrected chi connectivity index (χ4v) is 4.14. The van der Waals surface area contributed by atoms with Gasteiger partial charge in [-0.3, -0.25) is 4.98 Å². The highest BCUT2D eigenvalue weighted by Gasteiger charge is 2.29. The molecule has 29 heavy (non-hydrogen) atoms. The van der Waals surface area contributed by atoms with Crippen molar-refractivity contribution < 1.29 is 19.0 Å². The van der Waals surface area contributed by atoms with Gasteiger partial charge in [0, 0.05) is 37.0 Å². The lowest BCUT2D eigenvalue weighted by Crippen LogP contribution is -2.29. The van der Waals surface area contributed by atoms with Crippen molar-refractivity contribution >= 4 is 6.09 Å². The zero-order chi connectivity index (χ0) is 20.1. The van der Waals surface area contributed by atoms with Crippen LogP contribution in [0.3, 0.4) is 0 Å². The van der Waals surface area contributed by atoms with Crippen LogP contribution in [0.15, 0.2) is 42.7 Å². The topological polar surface area (TPSA) is 60.9 Å². The first-order valence-corrected chi connectivity index (χ1v) is 10.4. The Kier molecular flexibility index (Phi) is 6.17. The summed E-state index contributed by atoms with van der Waals surface area (Å²) in [6.07, 6.45) is 9.00. The van der Waals surface area contributed by atoms with E-state index in [-0.39, 0.29) is 24.7 Å². The van der Waals surface area contributed by atoms with Gasteiger partial charge in [-0.05, 0) is 55.9 Å². The molecule has 2 heterocycles. The number of pyridine rings is 1. The van der Waals surface area contributed by atoms with E-state index < -0.39 is 0 Å². The van der Waals surface area contributed by atoms with E-state index in [9.17, 15) is 4.79 Å². The van der Waals surface area contributed by atoms with Gasteiger partial charge in [-0.15, -0.1) is 0 Å². The van der Waals surface area contributed by atoms with Crippen molar-refractivity contribution in [1.29, 1.82) is 0 Å². The van der Waals surface area contributed by atoms with Gasteiger partial charge in [-0.25, -0.2) is 4.79 Å². The molecule has 154 valence electrons. The Balaban J connectivity index is 1.37. The lowest BCUT2D eigenvalue weighted by molar-refractivity contribution is 0.104. The molecule has 2 fully saturated rings. The highest BCUT2D eigenvalue weighted by atomic mass is 16.6. The minimum Gasteiger partial charge on any atom is -0.493 e. The van der Waals surface area contributed by atoms with Crippen LogP contribution in [-0.2, 0) is 11.3 Å². The average molecular weight is 396 g/mol. The Hall–Kier alpha value is -2.76. The monoisotopic (exact) mass is 396 g/mol. The van der Waals surface area contributed by atoms with Gasteiger partial charge in [0.15, 0.2) is 11.5 Å². The average Bonchev–Trinajstić information content (AvgIpc) is 3.45. The van der Waals surface area contributed by atoms with Gasteiger partial charge >= 0.3 is 6.09 Å². The third-order valence-corrected chi connectivity index (χ3v) is 5.79. The van der Waals surface area contributed by atoms with Crippen molar-refractivity contribution in [3.63, 3.8) is 0 Å². The van der Waals surface area contributed by atoms with Crippen LogP contribution in [0.5, 0.6) is 11.5 Å². The number of carbonyl (C=O) groups is 1. The lowest BCUT2D eigenvalue weighted by atomic mass is 9.98. The van der Waals surface area contributed by atoms with Crippen LogP contribution in [0, 0.1) is 0 Å². The Morgan fingerprint density at radius 1 is 1.17 bits per heavy atom. The number of ether oxygens (including phenoxy) is 3. The van der Waals surface area contributed by atoms with Crippen molar-refractivity contribution in [3.05, 3.63) is 53.9 Å². The predicted molar refractivity (Wildman–Crippen MR) is 109 cm³/mol. The van der Waals surface area contributed by atoms with E-state index in [1.807, 2.05) is 18.2 Å². The molecule has 1 saturated carbocycles. The zero-order valence-electron chi connectivity index (χ0n) is 16.9. The van der Waals surface area contributed by atoms with Gasteiger partial charge in [-0.1, -0.05) is 12.1 Å². The van der Waals surface area contributed by atoms with Crippen LogP contribution in [0.25, 0.3) is 0 Å². The number of nitrogens with zero attached hydrogens (tertiary/aromatic N) is 2. The van der Waals surface area contributed by atoms with E-state index in [0.717, 1.165) is 36.3 Å². The van der Waals surface area contributed by atoms with Crippen molar-refractivity contribution in [1.82, 2.24) is 9.88 Å². The Morgan fingerprint density at radius 2 is 2.03 bits per heavy atom. The number of amides is 1. The highest BCUT2D eigenvalue weighted by molar-refractivity contribution is 5.68. The second-order valence-corrected chi connectivity index (χ2v) is 7.78. The maximum atomic E-state index is 12.4. The van der Waals surface area contributed by atoms with E-state index in [1.54, 1.807) is 24.4 Å². The smallest absolute Gasteiger partial charge is 0.410 e. The molecule has 0 radical (unpaired) electrons. The van der Waals surface area contributed by atoms with Crippen LogP contribution in [0.1, 0.15) is 49.1 Å². The normalized spacial score (nSPS) is 19.3. The number of hydrogen-bond acceptors (Lipinski definition) is 5. The molecule has 0 bridgehead atoms. The van der Waals surface area contributed by atoms with Crippen LogP contribution >= 0.6 is 0 Å². The fourth-order valence-electron chi connectivity index (χ4n) is 4.14. The molecule has 0 spiro atoms. The molecule has 1 aliphatic heterocycles. The molecule has 1 amide bonds. The number of hydrogen-bond donors (Lipinski definition) is 0. The minimum absolute atomic E-state index is 0.246. The van der Waals surface area contributed by atoms with E-state index in [4.69, 9.17) is 14.2 Å². The maximum absolute atomic E-state index is 12.4. The first-order chi connectivity index (χ1) is 14.2. The third kappa shape index (κ3) is 4.81. The van der Waals surface area contributed by atoms with E-state index >= 15 is 0 Å². The molecule has 1 unspecified atom stereocenters. The van der Waals surface area contributed by atoms with Crippen LogP contribution in [0.4, 0.5) is 4.79 Å². The summed E-state index contributed by atoms with van der Waals surface area (Å²) in [5.74, 6) is 1.86. The summed E-state index contributed by atoms with van der Waals surface area (Å²) in [6, 6.07) is 9.88. The van der Waals surface area contributed by atoms with Gasteiger partial charge in [0.05, 0.1) is 13.2 Å². The minimum atomic E-state index is -0.271. The molecule has 1 aromatic heterocycles. The number of carbonyl (C=O) groups excluding carboxylic acids is 1. The lowest BCUT2D eigenvalue weighted by Gasteiger charge is -2.19. The molecule has 6 nitrogen and oxygen atoms in total. The van der Waals surface area contributed by atoms with Crippen molar-refractivity contribution in [3.8, 4) is 11.5 Å². The molecule has 1 saturated heterocycles. The van der Waals surface area contributed by atoms with Crippen LogP contribution in [-0.4, -0.2) is 42.3 Å². The number of aromatic nitrogens is 1. The number of methoxy groups -OCH3 is 1. The number of likely N-dealkylation sites (tertiary alicyclic amines) is 1. The zero-order valence-corrected chi connectivity index (χ0v) is 16.9. The van der Waals surface area contributed by atoms with E-state index in [0.29, 0.717) is 13.1 Å². The summed E-state index contributed by atoms with van der Waals surface area (Å²) >= 11 is 0. The molecular formula is C23H28N2O4. The largest absolute Gasteiger partial charge is 0.493 e. The quantitative estimate of drug-likeness (QED) is 0.717. The van der Waals surface area contributed by atoms with Crippen molar-refractivity contribution in [2.24, 2.45) is 0 Å². The summed E-state index contributed by atoms with van der Waals surface area (Å²) in [5, 5.41) is 0. The summed E-state index contributed by atoms with van der Waals surface area (Å²) in [5.41, 5.74) is 2.07. The molecule has 0 N–H and O–H groups in total. The molecule has 1 aromatic carbocycles. The SMILES string of the molecule is COc1ccc(C2CCN(C(=O)OCc3cccnc3)C2)cc1OC1CCCC1. The molecular weight excluding hydrogens is 368 g/mol. The molecule has 4 rings (SSSR count). The maximum Gasteiger partial charge on any atom is 0.410 e. The van der Waals surface area contributed by atoms with Crippen LogP contribution in [0.2, 0.25) is 0 Å². The standard InChI is InChI=1S/C23H28N2O4/c1-27-21-9-8-18(13-22(21)29-20-6-2-3-7-20)19-10-12-25(15-19)23(26)28-16-17-5-4-11-24-14-17/h4-5,8-9,11,13-14,19-20H,2-3,6-7,10,12,15-16H2,1H3. The number of benzene rings is 1. The van der Waals surface area contributed by atoms with Gasteiger partial charge in [0.2, 0.25) is 0 Å². The van der Waals surface area contributed by atoms with Crippen molar-refractivity contribution in [2.75, 3.05) is 20.2 Å². The fraction of sp³-hybridized carbons (Fsp3) is 0.478. The summed E-state index contributed by atoms with van der Waals surface area (Å²) in [6.45, 7) is 1.60. The molecule has 6 heteroatoms. The molecule has 1 aliphatic carbocycles. The van der Waals surface area contributed by atoms with Crippen LogP contribution < -0.4 is 9.47 Å². The Labute approximate surface area is 171 Å². The molecule has 2 aliphatic rings. The summed E-state index contributed by atoms with van der Waals surface area (Å²) < 4.78 is 17.2. The predicted octanol–water partition coefficient (Wildman–Crippen LogP) is 4.54. The van der Waals surface area contributed by atoms with E-state index in [2.05, 4.69) is 17.1 Å². The number of rotatable bonds is 6. The van der Waals surface area contributed by atoms with Gasteiger partial charge in [0.25, 0.3) is 0 Å². The Bertz CT molecular complexity index is 821. The second kappa shape index (κ2) is 9.16. The summed E-state index contributed by atoms with van der Waals surface area (Å²) in [7, 11) is 1.67. The molecule has 2 aromatic rings. The molecule has 1 atom stereocenters. The van der Waals surface area contributed by atoms with Gasteiger partial charge in [-0.2, -0.15) is 0 Å². The third-order valence-electron chi connectivity index (χ3n) is 5.79. The second-order valence-electron chi connectivity index (χ2n) is 7.78. The van der Waals surface area contributed by atoms with Gasteiger partial charge < -0.3 is 19.1 Å². The highest BCUT2D eigenvalue weighted by Crippen LogP contribution is 2.36. The Morgan fingerprint density at radius 3 is 2.79 bits per heavy atom. The van der Waals surface area contributed by atoms with E-state index in [1.165, 1.54) is 18.4 Å². The summed E-state index contributed by atoms with van der Waals surface area (Å²) in [4.78, 5) is 18.3. The first-order valence-electron chi connectivity index (χ1n) is 10.4. The first kappa shape index (κ1) is 19.6.